The molecule has 1 aliphatic carbocycles. The first-order valence-electron chi connectivity index (χ1n) is 4.30. The molecule has 1 aromatic heterocycles. The molecule has 0 aliphatic heterocycles. The largest absolute Gasteiger partial charge is 0.474 e. The summed E-state index contributed by atoms with van der Waals surface area (Å²) in [5.41, 5.74) is 0.958. The van der Waals surface area contributed by atoms with Crippen LogP contribution < -0.4 is 4.74 Å². The molecule has 1 saturated carbocycles. The van der Waals surface area contributed by atoms with Crippen molar-refractivity contribution in [2.24, 2.45) is 0 Å². The van der Waals surface area contributed by atoms with Gasteiger partial charge in [0.05, 0.1) is 0 Å². The molecule has 0 bridgehead atoms. The molecule has 3 nitrogen and oxygen atoms in total. The fraction of sp³-hybridized carbons (Fsp3) is 0.556. The van der Waals surface area contributed by atoms with Crippen molar-refractivity contribution in [2.45, 2.75) is 32.3 Å². The van der Waals surface area contributed by atoms with Gasteiger partial charge in [-0.1, -0.05) is 0 Å². The van der Waals surface area contributed by atoms with Gasteiger partial charge >= 0.3 is 0 Å². The molecule has 12 heavy (non-hydrogen) atoms. The second-order valence-electron chi connectivity index (χ2n) is 3.17. The van der Waals surface area contributed by atoms with Gasteiger partial charge in [-0.3, -0.25) is 0 Å². The van der Waals surface area contributed by atoms with E-state index in [1.165, 1.54) is 19.3 Å². The molecule has 0 aromatic carbocycles. The Labute approximate surface area is 71.8 Å². The van der Waals surface area contributed by atoms with Gasteiger partial charge in [0.25, 0.3) is 0 Å². The highest BCUT2D eigenvalue weighted by atomic mass is 16.5. The van der Waals surface area contributed by atoms with Crippen LogP contribution in [0.1, 0.15) is 25.0 Å². The highest BCUT2D eigenvalue weighted by molar-refractivity contribution is 5.12. The quantitative estimate of drug-likeness (QED) is 0.667. The number of nitrogens with zero attached hydrogens (tertiary/aromatic N) is 2. The molecule has 0 N–H and O–H groups in total. The van der Waals surface area contributed by atoms with E-state index in [4.69, 9.17) is 4.74 Å². The van der Waals surface area contributed by atoms with E-state index in [0.717, 1.165) is 5.69 Å². The minimum absolute atomic E-state index is 0.402. The highest BCUT2D eigenvalue weighted by Crippen LogP contribution is 2.23. The lowest BCUT2D eigenvalue weighted by molar-refractivity contribution is 0.114. The Balaban J connectivity index is 2.02. The number of aromatic nitrogens is 2. The van der Waals surface area contributed by atoms with E-state index in [9.17, 15) is 0 Å². The smallest absolute Gasteiger partial charge is 0.216 e. The first-order chi connectivity index (χ1) is 5.84. The number of hydrogen-bond acceptors (Lipinski definition) is 3. The van der Waals surface area contributed by atoms with Crippen molar-refractivity contribution in [3.05, 3.63) is 18.1 Å². The molecule has 3 heteroatoms. The van der Waals surface area contributed by atoms with Crippen LogP contribution in [0.5, 0.6) is 5.88 Å². The Bertz CT molecular complexity index is 271. The van der Waals surface area contributed by atoms with Crippen LogP contribution >= 0.6 is 0 Å². The summed E-state index contributed by atoms with van der Waals surface area (Å²) in [7, 11) is 0. The Hall–Kier alpha value is -1.12. The summed E-state index contributed by atoms with van der Waals surface area (Å²) in [4.78, 5) is 8.03. The zero-order chi connectivity index (χ0) is 8.39. The van der Waals surface area contributed by atoms with Crippen molar-refractivity contribution in [1.82, 2.24) is 9.97 Å². The molecule has 1 aliphatic rings. The summed E-state index contributed by atoms with van der Waals surface area (Å²) >= 11 is 0. The van der Waals surface area contributed by atoms with Crippen molar-refractivity contribution in [3.8, 4) is 5.88 Å². The second kappa shape index (κ2) is 3.09. The molecule has 2 rings (SSSR count). The molecule has 0 radical (unpaired) electrons. The molecule has 0 atom stereocenters. The van der Waals surface area contributed by atoms with E-state index in [2.05, 4.69) is 9.97 Å². The number of rotatable bonds is 2. The van der Waals surface area contributed by atoms with Crippen LogP contribution in [0.2, 0.25) is 0 Å². The average molecular weight is 164 g/mol. The minimum atomic E-state index is 0.402. The first kappa shape index (κ1) is 7.53. The summed E-state index contributed by atoms with van der Waals surface area (Å²) in [6.45, 7) is 1.94. The Morgan fingerprint density at radius 1 is 1.42 bits per heavy atom. The van der Waals surface area contributed by atoms with Crippen LogP contribution in [0.4, 0.5) is 0 Å². The van der Waals surface area contributed by atoms with Gasteiger partial charge in [-0.25, -0.2) is 9.97 Å². The summed E-state index contributed by atoms with van der Waals surface area (Å²) < 4.78 is 5.58. The Morgan fingerprint density at radius 3 is 2.83 bits per heavy atom. The molecule has 1 heterocycles. The monoisotopic (exact) mass is 164 g/mol. The summed E-state index contributed by atoms with van der Waals surface area (Å²) in [6.07, 6.45) is 5.57. The van der Waals surface area contributed by atoms with Crippen LogP contribution in [0.25, 0.3) is 0 Å². The van der Waals surface area contributed by atoms with Gasteiger partial charge in [-0.2, -0.15) is 0 Å². The molecular weight excluding hydrogens is 152 g/mol. The van der Waals surface area contributed by atoms with Crippen LogP contribution in [-0.4, -0.2) is 16.1 Å². The van der Waals surface area contributed by atoms with Gasteiger partial charge in [0.1, 0.15) is 12.4 Å². The van der Waals surface area contributed by atoms with Gasteiger partial charge in [0.15, 0.2) is 0 Å². The van der Waals surface area contributed by atoms with Crippen molar-refractivity contribution in [2.75, 3.05) is 0 Å². The van der Waals surface area contributed by atoms with Crippen LogP contribution in [0.15, 0.2) is 12.4 Å². The van der Waals surface area contributed by atoms with E-state index in [1.807, 2.05) is 13.0 Å². The van der Waals surface area contributed by atoms with Gasteiger partial charge in [-0.05, 0) is 26.2 Å². The maximum absolute atomic E-state index is 5.58. The first-order valence-corrected chi connectivity index (χ1v) is 4.30. The van der Waals surface area contributed by atoms with Crippen LogP contribution in [0.3, 0.4) is 0 Å². The Kier molecular flexibility index (Phi) is 1.94. The average Bonchev–Trinajstić information content (AvgIpc) is 1.97. The van der Waals surface area contributed by atoms with Gasteiger partial charge in [-0.15, -0.1) is 0 Å². The van der Waals surface area contributed by atoms with E-state index in [-0.39, 0.29) is 0 Å². The molecule has 0 saturated heterocycles. The second-order valence-corrected chi connectivity index (χ2v) is 3.17. The normalized spacial score (nSPS) is 17.1. The number of hydrogen-bond donors (Lipinski definition) is 0. The zero-order valence-electron chi connectivity index (χ0n) is 7.16. The van der Waals surface area contributed by atoms with E-state index in [1.54, 1.807) is 6.33 Å². The molecule has 1 fully saturated rings. The lowest BCUT2D eigenvalue weighted by atomic mass is 9.96. The molecule has 1 aromatic rings. The molecule has 64 valence electrons. The molecule has 0 amide bonds. The predicted octanol–water partition coefficient (Wildman–Crippen LogP) is 1.72. The number of ether oxygens (including phenoxy) is 1. The number of aryl methyl sites for hydroxylation is 1. The molecule has 0 unspecified atom stereocenters. The van der Waals surface area contributed by atoms with E-state index in [0.29, 0.717) is 12.0 Å². The van der Waals surface area contributed by atoms with E-state index < -0.39 is 0 Å². The van der Waals surface area contributed by atoms with Crippen molar-refractivity contribution >= 4 is 0 Å². The molecular formula is C9H12N2O. The summed E-state index contributed by atoms with van der Waals surface area (Å²) in [5, 5.41) is 0. The highest BCUT2D eigenvalue weighted by Gasteiger charge is 2.19. The van der Waals surface area contributed by atoms with Crippen LogP contribution in [-0.2, 0) is 0 Å². The third kappa shape index (κ3) is 1.55. The Morgan fingerprint density at radius 2 is 2.25 bits per heavy atom. The minimum Gasteiger partial charge on any atom is -0.474 e. The maximum atomic E-state index is 5.58. The zero-order valence-corrected chi connectivity index (χ0v) is 7.16. The third-order valence-corrected chi connectivity index (χ3v) is 2.12. The predicted molar refractivity (Wildman–Crippen MR) is 45.0 cm³/mol. The lowest BCUT2D eigenvalue weighted by Gasteiger charge is -2.25. The van der Waals surface area contributed by atoms with Gasteiger partial charge < -0.3 is 4.74 Å². The standard InChI is InChI=1S/C9H12N2O/c1-7-5-9(11-6-10-7)12-8-3-2-4-8/h5-6,8H,2-4H2,1H3. The fourth-order valence-corrected chi connectivity index (χ4v) is 1.15. The third-order valence-electron chi connectivity index (χ3n) is 2.12. The molecule has 0 spiro atoms. The summed E-state index contributed by atoms with van der Waals surface area (Å²) in [5.74, 6) is 0.715. The van der Waals surface area contributed by atoms with Crippen molar-refractivity contribution in [1.29, 1.82) is 0 Å². The van der Waals surface area contributed by atoms with Crippen molar-refractivity contribution in [3.63, 3.8) is 0 Å². The lowest BCUT2D eigenvalue weighted by Crippen LogP contribution is -2.24. The maximum Gasteiger partial charge on any atom is 0.216 e. The van der Waals surface area contributed by atoms with Crippen molar-refractivity contribution < 1.29 is 4.74 Å². The SMILES string of the molecule is Cc1cc(OC2CCC2)ncn1. The summed E-state index contributed by atoms with van der Waals surface area (Å²) in [6, 6.07) is 1.87. The van der Waals surface area contributed by atoms with Crippen LogP contribution in [0, 0.1) is 6.92 Å². The fourth-order valence-electron chi connectivity index (χ4n) is 1.15. The van der Waals surface area contributed by atoms with Gasteiger partial charge in [0.2, 0.25) is 5.88 Å². The van der Waals surface area contributed by atoms with E-state index >= 15 is 0 Å². The van der Waals surface area contributed by atoms with Gasteiger partial charge in [0, 0.05) is 11.8 Å². The topological polar surface area (TPSA) is 35.0 Å².